The molecule has 39 heavy (non-hydrogen) atoms. The first-order valence-electron chi connectivity index (χ1n) is 12.6. The van der Waals surface area contributed by atoms with E-state index < -0.39 is 41.8 Å². The van der Waals surface area contributed by atoms with E-state index in [-0.39, 0.29) is 49.7 Å². The predicted molar refractivity (Wildman–Crippen MR) is 141 cm³/mol. The van der Waals surface area contributed by atoms with Crippen LogP contribution in [0.4, 0.5) is 22.0 Å². The van der Waals surface area contributed by atoms with Crippen LogP contribution in [0, 0.1) is 17.8 Å². The van der Waals surface area contributed by atoms with Gasteiger partial charge in [-0.25, -0.2) is 13.8 Å². The average molecular weight is 572 g/mol. The second kappa shape index (κ2) is 12.9. The van der Waals surface area contributed by atoms with Gasteiger partial charge in [0.1, 0.15) is 0 Å². The molecule has 1 aromatic heterocycles. The highest BCUT2D eigenvalue weighted by Crippen LogP contribution is 2.39. The maximum Gasteiger partial charge on any atom is 0.417 e. The molecule has 3 atom stereocenters. The van der Waals surface area contributed by atoms with Crippen molar-refractivity contribution < 1.29 is 31.5 Å². The van der Waals surface area contributed by atoms with Crippen molar-refractivity contribution in [1.29, 1.82) is 0 Å². The summed E-state index contributed by atoms with van der Waals surface area (Å²) in [5, 5.41) is 0.507. The Labute approximate surface area is 229 Å². The molecule has 1 heterocycles. The van der Waals surface area contributed by atoms with Crippen LogP contribution in [0.3, 0.4) is 0 Å². The number of ether oxygens (including phenoxy) is 1. The summed E-state index contributed by atoms with van der Waals surface area (Å²) in [4.78, 5) is 21.4. The van der Waals surface area contributed by atoms with Crippen LogP contribution in [0.1, 0.15) is 50.2 Å². The van der Waals surface area contributed by atoms with Crippen molar-refractivity contribution >= 4 is 29.2 Å². The SMILES string of the molecule is CN=CC(=C(N)C(=O)C1CCCC(F)(F)C[C@@H](C)C(COc2ccc(C(F)(F)F)cn2)C1)c1ccc(Cl)cc1. The van der Waals surface area contributed by atoms with Crippen molar-refractivity contribution in [1.82, 2.24) is 4.98 Å². The van der Waals surface area contributed by atoms with Crippen molar-refractivity contribution in [3.63, 3.8) is 0 Å². The number of aromatic nitrogens is 1. The van der Waals surface area contributed by atoms with E-state index >= 15 is 0 Å². The fraction of sp³-hybridized carbons (Fsp3) is 0.464. The Morgan fingerprint density at radius 1 is 1.23 bits per heavy atom. The van der Waals surface area contributed by atoms with Gasteiger partial charge in [0.15, 0.2) is 5.78 Å². The Balaban J connectivity index is 1.87. The third kappa shape index (κ3) is 8.49. The Kier molecular flexibility index (Phi) is 10.1. The van der Waals surface area contributed by atoms with Crippen molar-refractivity contribution in [3.05, 3.63) is 64.4 Å². The number of aliphatic imine (C=N–C) groups is 1. The lowest BCUT2D eigenvalue weighted by molar-refractivity contribution is -0.137. The Bertz CT molecular complexity index is 1180. The lowest BCUT2D eigenvalue weighted by atomic mass is 9.80. The highest BCUT2D eigenvalue weighted by atomic mass is 35.5. The van der Waals surface area contributed by atoms with E-state index in [4.69, 9.17) is 22.1 Å². The zero-order valence-electron chi connectivity index (χ0n) is 21.6. The first kappa shape index (κ1) is 30.5. The van der Waals surface area contributed by atoms with E-state index in [1.54, 1.807) is 38.2 Å². The summed E-state index contributed by atoms with van der Waals surface area (Å²) in [6, 6.07) is 8.66. The number of Topliss-reactive ketones (excluding diaryl/α,β-unsaturated/α-hetero) is 1. The van der Waals surface area contributed by atoms with Gasteiger partial charge in [0.2, 0.25) is 11.8 Å². The third-order valence-electron chi connectivity index (χ3n) is 6.96. The molecule has 0 amide bonds. The summed E-state index contributed by atoms with van der Waals surface area (Å²) >= 11 is 5.99. The molecule has 1 saturated carbocycles. The molecule has 0 bridgehead atoms. The summed E-state index contributed by atoms with van der Waals surface area (Å²) < 4.78 is 73.4. The first-order valence-corrected chi connectivity index (χ1v) is 12.9. The maximum absolute atomic E-state index is 14.6. The monoisotopic (exact) mass is 571 g/mol. The van der Waals surface area contributed by atoms with Gasteiger partial charge in [-0.3, -0.25) is 9.79 Å². The second-order valence-corrected chi connectivity index (χ2v) is 10.3. The lowest BCUT2D eigenvalue weighted by Gasteiger charge is -2.28. The van der Waals surface area contributed by atoms with E-state index in [0.29, 0.717) is 22.4 Å². The van der Waals surface area contributed by atoms with Gasteiger partial charge in [-0.05, 0) is 54.9 Å². The number of ketones is 1. The Morgan fingerprint density at radius 2 is 1.92 bits per heavy atom. The number of nitrogens with two attached hydrogens (primary N) is 1. The van der Waals surface area contributed by atoms with Crippen molar-refractivity contribution in [2.24, 2.45) is 28.5 Å². The highest BCUT2D eigenvalue weighted by molar-refractivity contribution is 6.30. The fourth-order valence-corrected chi connectivity index (χ4v) is 4.90. The molecule has 2 aromatic rings. The normalized spacial score (nSPS) is 22.9. The quantitative estimate of drug-likeness (QED) is 0.216. The smallest absolute Gasteiger partial charge is 0.417 e. The number of hydrogen-bond acceptors (Lipinski definition) is 5. The molecular formula is C28H31ClF5N3O2. The molecule has 2 N–H and O–H groups in total. The van der Waals surface area contributed by atoms with Gasteiger partial charge in [0.05, 0.1) is 17.9 Å². The van der Waals surface area contributed by atoms with Gasteiger partial charge in [-0.1, -0.05) is 30.7 Å². The number of carbonyl (C=O) groups is 1. The zero-order valence-corrected chi connectivity index (χ0v) is 22.4. The minimum absolute atomic E-state index is 0.0318. The van der Waals surface area contributed by atoms with Gasteiger partial charge in [0, 0.05) is 54.9 Å². The van der Waals surface area contributed by atoms with Crippen LogP contribution in [0.5, 0.6) is 5.88 Å². The van der Waals surface area contributed by atoms with Gasteiger partial charge in [-0.2, -0.15) is 13.2 Å². The molecule has 212 valence electrons. The standard InChI is InChI=1S/C28H31ClF5N3O2/c1-17-13-27(30,31)11-3-4-19(12-20(17)16-39-24-10-7-21(14-37-24)28(32,33)34)26(38)25(35)23(15-36-2)18-5-8-22(29)9-6-18/h5-10,14-15,17,19-20H,3-4,11-13,16,35H2,1-2H3/t17-,19?,20?/m1/s1. The first-order chi connectivity index (χ1) is 18.3. The van der Waals surface area contributed by atoms with Crippen LogP contribution in [0.15, 0.2) is 53.3 Å². The molecule has 3 rings (SSSR count). The molecule has 2 unspecified atom stereocenters. The topological polar surface area (TPSA) is 77.6 Å². The Morgan fingerprint density at radius 3 is 2.51 bits per heavy atom. The van der Waals surface area contributed by atoms with Gasteiger partial charge >= 0.3 is 6.18 Å². The molecule has 0 radical (unpaired) electrons. The molecule has 1 aromatic carbocycles. The van der Waals surface area contributed by atoms with E-state index in [1.165, 1.54) is 6.21 Å². The number of rotatable bonds is 7. The van der Waals surface area contributed by atoms with E-state index in [0.717, 1.165) is 12.1 Å². The highest BCUT2D eigenvalue weighted by Gasteiger charge is 2.38. The molecule has 11 heteroatoms. The van der Waals surface area contributed by atoms with Crippen LogP contribution in [0.25, 0.3) is 5.57 Å². The molecule has 1 fully saturated rings. The zero-order chi connectivity index (χ0) is 28.8. The molecule has 0 saturated heterocycles. The largest absolute Gasteiger partial charge is 0.477 e. The third-order valence-corrected chi connectivity index (χ3v) is 7.21. The number of benzene rings is 1. The van der Waals surface area contributed by atoms with Crippen LogP contribution in [-0.2, 0) is 11.0 Å². The number of carbonyl (C=O) groups excluding carboxylic acids is 1. The number of pyridine rings is 1. The predicted octanol–water partition coefficient (Wildman–Crippen LogP) is 7.24. The number of halogens is 6. The second-order valence-electron chi connectivity index (χ2n) is 9.90. The van der Waals surface area contributed by atoms with E-state index in [9.17, 15) is 26.7 Å². The molecule has 5 nitrogen and oxygen atoms in total. The minimum Gasteiger partial charge on any atom is -0.477 e. The van der Waals surface area contributed by atoms with Crippen LogP contribution in [-0.4, -0.2) is 36.6 Å². The summed E-state index contributed by atoms with van der Waals surface area (Å²) in [5.41, 5.74) is 6.43. The molecule has 0 spiro atoms. The number of alkyl halides is 5. The van der Waals surface area contributed by atoms with Crippen LogP contribution < -0.4 is 10.5 Å². The Hall–Kier alpha value is -3.01. The summed E-state index contributed by atoms with van der Waals surface area (Å²) in [6.07, 6.45) is -2.62. The summed E-state index contributed by atoms with van der Waals surface area (Å²) in [5.74, 6) is -5.07. The molecule has 1 aliphatic rings. The van der Waals surface area contributed by atoms with Crippen LogP contribution >= 0.6 is 11.6 Å². The maximum atomic E-state index is 14.6. The van der Waals surface area contributed by atoms with E-state index in [2.05, 4.69) is 9.98 Å². The number of nitrogens with zero attached hydrogens (tertiary/aromatic N) is 2. The van der Waals surface area contributed by atoms with Crippen molar-refractivity contribution in [3.8, 4) is 5.88 Å². The molecule has 1 aliphatic carbocycles. The lowest BCUT2D eigenvalue weighted by Crippen LogP contribution is -2.30. The van der Waals surface area contributed by atoms with Crippen molar-refractivity contribution in [2.45, 2.75) is 51.1 Å². The molecule has 0 aliphatic heterocycles. The summed E-state index contributed by atoms with van der Waals surface area (Å²) in [6.45, 7) is 1.57. The van der Waals surface area contributed by atoms with Gasteiger partial charge < -0.3 is 10.5 Å². The summed E-state index contributed by atoms with van der Waals surface area (Å²) in [7, 11) is 1.54. The van der Waals surface area contributed by atoms with Gasteiger partial charge in [-0.15, -0.1) is 0 Å². The number of allylic oxidation sites excluding steroid dienone is 2. The fourth-order valence-electron chi connectivity index (χ4n) is 4.77. The van der Waals surface area contributed by atoms with Crippen molar-refractivity contribution in [2.75, 3.05) is 13.7 Å². The number of hydrogen-bond donors (Lipinski definition) is 1. The minimum atomic E-state index is -4.54. The van der Waals surface area contributed by atoms with Crippen LogP contribution in [0.2, 0.25) is 5.02 Å². The van der Waals surface area contributed by atoms with E-state index in [1.807, 2.05) is 0 Å². The average Bonchev–Trinajstić information content (AvgIpc) is 2.92. The van der Waals surface area contributed by atoms with Gasteiger partial charge in [0.25, 0.3) is 0 Å². The molecular weight excluding hydrogens is 541 g/mol.